The highest BCUT2D eigenvalue weighted by atomic mass is 32.2. The number of nitrogens with one attached hydrogen (secondary N) is 2. The highest BCUT2D eigenvalue weighted by Gasteiger charge is 2.24. The molecule has 196 valence electrons. The molecule has 0 fully saturated rings. The molecule has 4 aromatic carbocycles. The van der Waals surface area contributed by atoms with Gasteiger partial charge in [-0.3, -0.25) is 9.59 Å². The van der Waals surface area contributed by atoms with Crippen molar-refractivity contribution in [3.8, 4) is 0 Å². The maximum absolute atomic E-state index is 13.4. The summed E-state index contributed by atoms with van der Waals surface area (Å²) in [7, 11) is 1.28. The predicted octanol–water partition coefficient (Wildman–Crippen LogP) is 5.90. The fourth-order valence-corrected chi connectivity index (χ4v) is 4.82. The minimum Gasteiger partial charge on any atom is -0.478 e. The van der Waals surface area contributed by atoms with Crippen LogP contribution in [0.25, 0.3) is 0 Å². The van der Waals surface area contributed by atoms with Crippen LogP contribution in [-0.2, 0) is 9.53 Å². The van der Waals surface area contributed by atoms with Gasteiger partial charge in [0, 0.05) is 10.6 Å². The Kier molecular flexibility index (Phi) is 8.75. The third-order valence-corrected chi connectivity index (χ3v) is 6.97. The molecule has 0 aliphatic heterocycles. The number of carboxylic acids is 1. The molecule has 0 aliphatic carbocycles. The number of rotatable bonds is 9. The minimum absolute atomic E-state index is 0.0523. The Morgan fingerprint density at radius 3 is 1.95 bits per heavy atom. The molecule has 0 saturated carbocycles. The number of para-hydroxylation sites is 1. The quantitative estimate of drug-likeness (QED) is 0.179. The van der Waals surface area contributed by atoms with Crippen LogP contribution in [0.2, 0.25) is 0 Å². The highest BCUT2D eigenvalue weighted by Crippen LogP contribution is 2.37. The predicted molar refractivity (Wildman–Crippen MR) is 149 cm³/mol. The second kappa shape index (κ2) is 12.6. The van der Waals surface area contributed by atoms with Crippen LogP contribution < -0.4 is 10.6 Å². The normalized spacial score (nSPS) is 11.2. The molecule has 2 amide bonds. The van der Waals surface area contributed by atoms with Gasteiger partial charge in [0.1, 0.15) is 5.25 Å². The molecule has 9 heteroatoms. The lowest BCUT2D eigenvalue weighted by molar-refractivity contribution is -0.115. The molecule has 0 spiro atoms. The van der Waals surface area contributed by atoms with Gasteiger partial charge >= 0.3 is 11.9 Å². The number of benzene rings is 4. The van der Waals surface area contributed by atoms with E-state index in [9.17, 15) is 24.3 Å². The summed E-state index contributed by atoms with van der Waals surface area (Å²) in [6.07, 6.45) is 0. The van der Waals surface area contributed by atoms with Gasteiger partial charge in [0.2, 0.25) is 5.91 Å². The number of carbonyl (C=O) groups excluding carboxylic acids is 3. The molecule has 0 bridgehead atoms. The zero-order chi connectivity index (χ0) is 27.8. The van der Waals surface area contributed by atoms with E-state index in [1.54, 1.807) is 60.7 Å². The summed E-state index contributed by atoms with van der Waals surface area (Å²) in [4.78, 5) is 50.5. The molecular formula is C30H24N2O6S. The van der Waals surface area contributed by atoms with Crippen LogP contribution in [-0.4, -0.2) is 36.0 Å². The standard InChI is InChI=1S/C30H24N2O6S/c1-38-30(37)24-13-7-8-14-25(24)32-28(34)26(19-9-3-2-4-10-19)39-21-17-15-20(16-18-21)31-27(33)22-11-5-6-12-23(22)29(35)36/h2-18,26H,1H3,(H,31,33)(H,32,34)(H,35,36). The first kappa shape index (κ1) is 27.2. The van der Waals surface area contributed by atoms with Gasteiger partial charge in [-0.25, -0.2) is 9.59 Å². The number of carboxylic acid groups (broad SMARTS) is 1. The van der Waals surface area contributed by atoms with Crippen LogP contribution in [0, 0.1) is 0 Å². The molecule has 1 atom stereocenters. The van der Waals surface area contributed by atoms with Crippen LogP contribution in [0.1, 0.15) is 41.9 Å². The molecule has 4 rings (SSSR count). The topological polar surface area (TPSA) is 122 Å². The second-order valence-electron chi connectivity index (χ2n) is 8.26. The van der Waals surface area contributed by atoms with Crippen molar-refractivity contribution in [2.24, 2.45) is 0 Å². The number of ether oxygens (including phenoxy) is 1. The first-order chi connectivity index (χ1) is 18.9. The summed E-state index contributed by atoms with van der Waals surface area (Å²) in [6.45, 7) is 0. The summed E-state index contributed by atoms with van der Waals surface area (Å²) >= 11 is 1.30. The largest absolute Gasteiger partial charge is 0.478 e. The lowest BCUT2D eigenvalue weighted by Gasteiger charge is -2.18. The average molecular weight is 541 g/mol. The van der Waals surface area contributed by atoms with E-state index in [2.05, 4.69) is 10.6 Å². The van der Waals surface area contributed by atoms with Crippen molar-refractivity contribution in [3.63, 3.8) is 0 Å². The zero-order valence-electron chi connectivity index (χ0n) is 20.8. The highest BCUT2D eigenvalue weighted by molar-refractivity contribution is 8.00. The summed E-state index contributed by atoms with van der Waals surface area (Å²) in [5.74, 6) is -2.62. The maximum atomic E-state index is 13.4. The molecule has 39 heavy (non-hydrogen) atoms. The Morgan fingerprint density at radius 2 is 1.31 bits per heavy atom. The van der Waals surface area contributed by atoms with Gasteiger partial charge < -0.3 is 20.5 Å². The number of hydrogen-bond donors (Lipinski definition) is 3. The van der Waals surface area contributed by atoms with Gasteiger partial charge in [-0.15, -0.1) is 11.8 Å². The molecule has 1 unspecified atom stereocenters. The van der Waals surface area contributed by atoms with Gasteiger partial charge in [0.05, 0.1) is 29.5 Å². The van der Waals surface area contributed by atoms with Gasteiger partial charge in [-0.1, -0.05) is 54.6 Å². The van der Waals surface area contributed by atoms with E-state index in [-0.39, 0.29) is 22.6 Å². The summed E-state index contributed by atoms with van der Waals surface area (Å²) in [6, 6.07) is 28.7. The number of carbonyl (C=O) groups is 4. The lowest BCUT2D eigenvalue weighted by Crippen LogP contribution is -2.20. The van der Waals surface area contributed by atoms with Crippen LogP contribution in [0.5, 0.6) is 0 Å². The Morgan fingerprint density at radius 1 is 0.718 bits per heavy atom. The Hall–Kier alpha value is -4.89. The molecule has 3 N–H and O–H groups in total. The van der Waals surface area contributed by atoms with Crippen molar-refractivity contribution in [2.75, 3.05) is 17.7 Å². The van der Waals surface area contributed by atoms with E-state index in [0.717, 1.165) is 10.5 Å². The SMILES string of the molecule is COC(=O)c1ccccc1NC(=O)C(Sc1ccc(NC(=O)c2ccccc2C(=O)O)cc1)c1ccccc1. The molecule has 0 aliphatic rings. The fourth-order valence-electron chi connectivity index (χ4n) is 3.80. The molecule has 0 heterocycles. The summed E-state index contributed by atoms with van der Waals surface area (Å²) in [5.41, 5.74) is 1.78. The van der Waals surface area contributed by atoms with E-state index >= 15 is 0 Å². The third-order valence-electron chi connectivity index (χ3n) is 5.70. The number of thioether (sulfide) groups is 1. The Bertz CT molecular complexity index is 1510. The number of anilines is 2. The van der Waals surface area contributed by atoms with Crippen molar-refractivity contribution in [1.82, 2.24) is 0 Å². The molecule has 0 saturated heterocycles. The van der Waals surface area contributed by atoms with E-state index in [1.165, 1.54) is 31.0 Å². The zero-order valence-corrected chi connectivity index (χ0v) is 21.6. The van der Waals surface area contributed by atoms with Crippen molar-refractivity contribution in [2.45, 2.75) is 10.1 Å². The number of aromatic carboxylic acids is 1. The first-order valence-corrected chi connectivity index (χ1v) is 12.7. The number of hydrogen-bond acceptors (Lipinski definition) is 6. The maximum Gasteiger partial charge on any atom is 0.339 e. The first-order valence-electron chi connectivity index (χ1n) is 11.8. The van der Waals surface area contributed by atoms with Crippen LogP contribution in [0.15, 0.2) is 108 Å². The van der Waals surface area contributed by atoms with Crippen molar-refractivity contribution >= 4 is 46.9 Å². The minimum atomic E-state index is -1.19. The van der Waals surface area contributed by atoms with Gasteiger partial charge in [0.15, 0.2) is 0 Å². The number of methoxy groups -OCH3 is 1. The second-order valence-corrected chi connectivity index (χ2v) is 9.44. The van der Waals surface area contributed by atoms with E-state index in [4.69, 9.17) is 4.74 Å². The molecule has 4 aromatic rings. The molecule has 8 nitrogen and oxygen atoms in total. The Labute approximate surface area is 229 Å². The van der Waals surface area contributed by atoms with Crippen LogP contribution >= 0.6 is 11.8 Å². The molecule has 0 aromatic heterocycles. The van der Waals surface area contributed by atoms with Crippen molar-refractivity contribution in [1.29, 1.82) is 0 Å². The number of esters is 1. The van der Waals surface area contributed by atoms with Crippen LogP contribution in [0.3, 0.4) is 0 Å². The average Bonchev–Trinajstić information content (AvgIpc) is 2.97. The summed E-state index contributed by atoms with van der Waals surface area (Å²) in [5, 5.41) is 14.3. The van der Waals surface area contributed by atoms with Crippen molar-refractivity contribution in [3.05, 3.63) is 125 Å². The smallest absolute Gasteiger partial charge is 0.339 e. The molecular weight excluding hydrogens is 516 g/mol. The van der Waals surface area contributed by atoms with Gasteiger partial charge in [-0.2, -0.15) is 0 Å². The third kappa shape index (κ3) is 6.71. The monoisotopic (exact) mass is 540 g/mol. The summed E-state index contributed by atoms with van der Waals surface area (Å²) < 4.78 is 4.83. The van der Waals surface area contributed by atoms with Crippen LogP contribution in [0.4, 0.5) is 11.4 Å². The fraction of sp³-hybridized carbons (Fsp3) is 0.0667. The number of amides is 2. The van der Waals surface area contributed by atoms with E-state index < -0.39 is 23.1 Å². The Balaban J connectivity index is 1.53. The van der Waals surface area contributed by atoms with Gasteiger partial charge in [-0.05, 0) is 54.1 Å². The van der Waals surface area contributed by atoms with Crippen molar-refractivity contribution < 1.29 is 29.0 Å². The molecule has 0 radical (unpaired) electrons. The van der Waals surface area contributed by atoms with E-state index in [1.807, 2.05) is 30.3 Å². The van der Waals surface area contributed by atoms with E-state index in [0.29, 0.717) is 11.4 Å². The lowest BCUT2D eigenvalue weighted by atomic mass is 10.1. The van der Waals surface area contributed by atoms with Gasteiger partial charge in [0.25, 0.3) is 5.91 Å².